The van der Waals surface area contributed by atoms with Gasteiger partial charge in [0.1, 0.15) is 11.2 Å². The molecular weight excluding hydrogens is 504 g/mol. The van der Waals surface area contributed by atoms with Gasteiger partial charge in [0.2, 0.25) is 0 Å². The zero-order valence-electron chi connectivity index (χ0n) is 21.5. The van der Waals surface area contributed by atoms with Crippen LogP contribution in [0.3, 0.4) is 0 Å². The first-order valence-electron chi connectivity index (χ1n) is 13.6. The predicted molar refractivity (Wildman–Crippen MR) is 172 cm³/mol. The Morgan fingerprint density at radius 2 is 1.10 bits per heavy atom. The maximum absolute atomic E-state index is 6.56. The molecule has 0 radical (unpaired) electrons. The van der Waals surface area contributed by atoms with Crippen LogP contribution in [0.25, 0.3) is 86.6 Å². The van der Waals surface area contributed by atoms with Crippen LogP contribution in [0, 0.1) is 0 Å². The van der Waals surface area contributed by atoms with Gasteiger partial charge in [-0.05, 0) is 90.3 Å². The van der Waals surface area contributed by atoms with Gasteiger partial charge in [-0.15, -0.1) is 11.3 Å². The van der Waals surface area contributed by atoms with E-state index in [2.05, 4.69) is 133 Å². The van der Waals surface area contributed by atoms with E-state index in [1.165, 1.54) is 70.0 Å². The highest BCUT2D eigenvalue weighted by molar-refractivity contribution is 7.17. The number of thiophene rings is 1. The van der Waals surface area contributed by atoms with E-state index in [1.54, 1.807) is 11.3 Å². The van der Waals surface area contributed by atoms with Crippen LogP contribution >= 0.6 is 11.3 Å². The number of fused-ring (bicyclic) bond motifs is 8. The van der Waals surface area contributed by atoms with Crippen LogP contribution < -0.4 is 0 Å². The summed E-state index contributed by atoms with van der Waals surface area (Å²) in [6, 6.07) is 46.3. The molecule has 2 aromatic heterocycles. The van der Waals surface area contributed by atoms with Gasteiger partial charge in [0.15, 0.2) is 0 Å². The molecule has 1 nitrogen and oxygen atoms in total. The summed E-state index contributed by atoms with van der Waals surface area (Å²) in [4.78, 5) is 0. The maximum Gasteiger partial charge on any atom is 0.144 e. The van der Waals surface area contributed by atoms with Crippen molar-refractivity contribution < 1.29 is 4.42 Å². The van der Waals surface area contributed by atoms with Crippen molar-refractivity contribution in [3.05, 3.63) is 133 Å². The third kappa shape index (κ3) is 3.03. The van der Waals surface area contributed by atoms with Gasteiger partial charge in [0, 0.05) is 20.9 Å². The van der Waals surface area contributed by atoms with Crippen molar-refractivity contribution in [1.29, 1.82) is 0 Å². The Kier molecular flexibility index (Phi) is 4.55. The van der Waals surface area contributed by atoms with Crippen LogP contribution in [0.5, 0.6) is 0 Å². The van der Waals surface area contributed by atoms with Gasteiger partial charge < -0.3 is 4.42 Å². The number of hydrogen-bond donors (Lipinski definition) is 0. The Bertz CT molecular complexity index is 2380. The Labute approximate surface area is 234 Å². The molecule has 0 unspecified atom stereocenters. The summed E-state index contributed by atoms with van der Waals surface area (Å²) >= 11 is 1.75. The number of hydrogen-bond acceptors (Lipinski definition) is 2. The van der Waals surface area contributed by atoms with E-state index in [-0.39, 0.29) is 0 Å². The zero-order chi connectivity index (χ0) is 26.2. The lowest BCUT2D eigenvalue weighted by Gasteiger charge is -2.18. The fourth-order valence-corrected chi connectivity index (χ4v) is 7.39. The summed E-state index contributed by atoms with van der Waals surface area (Å²) in [6.07, 6.45) is 0. The van der Waals surface area contributed by atoms with Gasteiger partial charge in [-0.1, -0.05) is 97.1 Å². The number of furan rings is 1. The lowest BCUT2D eigenvalue weighted by atomic mass is 9.84. The minimum atomic E-state index is 0.928. The first-order chi connectivity index (χ1) is 19.8. The van der Waals surface area contributed by atoms with Crippen LogP contribution in [0.15, 0.2) is 137 Å². The molecule has 0 bridgehead atoms. The predicted octanol–water partition coefficient (Wildman–Crippen LogP) is 11.6. The minimum Gasteiger partial charge on any atom is -0.455 e. The van der Waals surface area contributed by atoms with Crippen LogP contribution in [0.2, 0.25) is 0 Å². The minimum absolute atomic E-state index is 0.928. The first-order valence-corrected chi connectivity index (χ1v) is 14.5. The van der Waals surface area contributed by atoms with Gasteiger partial charge in [-0.3, -0.25) is 0 Å². The molecule has 0 fully saturated rings. The topological polar surface area (TPSA) is 13.1 Å². The van der Waals surface area contributed by atoms with E-state index in [0.29, 0.717) is 0 Å². The van der Waals surface area contributed by atoms with E-state index in [4.69, 9.17) is 4.42 Å². The smallest absolute Gasteiger partial charge is 0.144 e. The highest BCUT2D eigenvalue weighted by Crippen LogP contribution is 2.46. The van der Waals surface area contributed by atoms with Crippen molar-refractivity contribution >= 4 is 75.7 Å². The summed E-state index contributed by atoms with van der Waals surface area (Å²) in [5.41, 5.74) is 6.88. The fourth-order valence-electron chi connectivity index (χ4n) is 6.61. The standard InChI is InChI=1S/C38H22OS/c1-2-10-25-23(8-1)9-7-15-27(25)37-30-13-5-3-11-28(30)36(29-12-4-6-14-31(29)37)24-16-17-26-32-18-19-35-33(20-21-40-35)38(32)39-34(26)22-24/h1-22H. The van der Waals surface area contributed by atoms with Gasteiger partial charge in [0.25, 0.3) is 0 Å². The fraction of sp³-hybridized carbons (Fsp3) is 0. The van der Waals surface area contributed by atoms with Crippen molar-refractivity contribution in [2.45, 2.75) is 0 Å². The molecule has 0 spiro atoms. The molecule has 9 aromatic rings. The average Bonchev–Trinajstić information content (AvgIpc) is 3.64. The molecule has 0 aliphatic heterocycles. The molecule has 9 rings (SSSR count). The van der Waals surface area contributed by atoms with Crippen molar-refractivity contribution in [1.82, 2.24) is 0 Å². The summed E-state index contributed by atoms with van der Waals surface area (Å²) in [7, 11) is 0. The second kappa shape index (κ2) is 8.29. The average molecular weight is 527 g/mol. The lowest BCUT2D eigenvalue weighted by Crippen LogP contribution is -1.91. The second-order valence-corrected chi connectivity index (χ2v) is 11.4. The summed E-state index contributed by atoms with van der Waals surface area (Å²) in [5, 5.41) is 13.2. The summed E-state index contributed by atoms with van der Waals surface area (Å²) in [6.45, 7) is 0. The monoisotopic (exact) mass is 526 g/mol. The Morgan fingerprint density at radius 1 is 0.450 bits per heavy atom. The zero-order valence-corrected chi connectivity index (χ0v) is 22.3. The normalized spacial score (nSPS) is 12.0. The third-order valence-corrected chi connectivity index (χ3v) is 9.23. The lowest BCUT2D eigenvalue weighted by molar-refractivity contribution is 0.673. The summed E-state index contributed by atoms with van der Waals surface area (Å²) < 4.78 is 7.82. The highest BCUT2D eigenvalue weighted by Gasteiger charge is 2.19. The first kappa shape index (κ1) is 22.0. The molecule has 0 saturated heterocycles. The van der Waals surface area contributed by atoms with Gasteiger partial charge >= 0.3 is 0 Å². The van der Waals surface area contributed by atoms with E-state index in [9.17, 15) is 0 Å². The van der Waals surface area contributed by atoms with Crippen molar-refractivity contribution in [2.75, 3.05) is 0 Å². The maximum atomic E-state index is 6.56. The van der Waals surface area contributed by atoms with E-state index in [0.717, 1.165) is 16.6 Å². The van der Waals surface area contributed by atoms with Crippen molar-refractivity contribution in [3.63, 3.8) is 0 Å². The molecule has 0 aliphatic carbocycles. The van der Waals surface area contributed by atoms with E-state index >= 15 is 0 Å². The van der Waals surface area contributed by atoms with E-state index in [1.807, 2.05) is 0 Å². The highest BCUT2D eigenvalue weighted by atomic mass is 32.1. The van der Waals surface area contributed by atoms with Crippen LogP contribution in [-0.4, -0.2) is 0 Å². The van der Waals surface area contributed by atoms with Crippen molar-refractivity contribution in [3.8, 4) is 22.3 Å². The molecule has 0 saturated carbocycles. The molecule has 0 atom stereocenters. The van der Waals surface area contributed by atoms with Gasteiger partial charge in [0.05, 0.1) is 0 Å². The van der Waals surface area contributed by atoms with Gasteiger partial charge in [-0.2, -0.15) is 0 Å². The van der Waals surface area contributed by atoms with Crippen LogP contribution in [-0.2, 0) is 0 Å². The molecule has 7 aromatic carbocycles. The van der Waals surface area contributed by atoms with E-state index < -0.39 is 0 Å². The molecule has 0 amide bonds. The number of benzene rings is 7. The second-order valence-electron chi connectivity index (χ2n) is 10.5. The van der Waals surface area contributed by atoms with Gasteiger partial charge in [-0.25, -0.2) is 0 Å². The molecule has 40 heavy (non-hydrogen) atoms. The Hall–Kier alpha value is -4.92. The molecular formula is C38H22OS. The molecule has 2 heterocycles. The molecule has 0 aliphatic rings. The Balaban J connectivity index is 1.39. The third-order valence-electron chi connectivity index (χ3n) is 8.35. The summed E-state index contributed by atoms with van der Waals surface area (Å²) in [5.74, 6) is 0. The largest absolute Gasteiger partial charge is 0.455 e. The van der Waals surface area contributed by atoms with Crippen LogP contribution in [0.4, 0.5) is 0 Å². The quantitative estimate of drug-likeness (QED) is 0.204. The van der Waals surface area contributed by atoms with Crippen LogP contribution in [0.1, 0.15) is 0 Å². The Morgan fingerprint density at radius 3 is 1.88 bits per heavy atom. The van der Waals surface area contributed by atoms with Crippen molar-refractivity contribution in [2.24, 2.45) is 0 Å². The molecule has 186 valence electrons. The number of rotatable bonds is 2. The SMILES string of the molecule is c1ccc2c(-c3c4ccccc4c(-c4ccc5c(c4)oc4c6ccsc6ccc54)c4ccccc34)cccc2c1. The molecule has 0 N–H and O–H groups in total. The molecule has 2 heteroatoms.